The van der Waals surface area contributed by atoms with Crippen LogP contribution in [-0.2, 0) is 12.1 Å². The molecule has 0 fully saturated rings. The van der Waals surface area contributed by atoms with E-state index in [1.165, 1.54) is 10.9 Å². The normalized spacial score (nSPS) is 11.5. The van der Waals surface area contributed by atoms with Crippen LogP contribution in [0.1, 0.15) is 46.1 Å². The van der Waals surface area contributed by atoms with Crippen LogP contribution in [0.25, 0.3) is 0 Å². The monoisotopic (exact) mass is 432 g/mol. The van der Waals surface area contributed by atoms with Crippen molar-refractivity contribution in [2.24, 2.45) is 0 Å². The summed E-state index contributed by atoms with van der Waals surface area (Å²) >= 11 is 18.7. The first-order chi connectivity index (χ1) is 12.6. The number of aromatic nitrogens is 2. The molecule has 0 radical (unpaired) electrons. The summed E-state index contributed by atoms with van der Waals surface area (Å²) in [5.74, 6) is 0.667. The van der Waals surface area contributed by atoms with E-state index in [0.29, 0.717) is 22.4 Å². The van der Waals surface area contributed by atoms with Crippen LogP contribution < -0.4 is 15.0 Å². The zero-order valence-electron chi connectivity index (χ0n) is 15.8. The van der Waals surface area contributed by atoms with Crippen LogP contribution in [0.3, 0.4) is 0 Å². The first-order valence-corrected chi connectivity index (χ1v) is 9.80. The van der Waals surface area contributed by atoms with Gasteiger partial charge in [-0.05, 0) is 44.9 Å². The summed E-state index contributed by atoms with van der Waals surface area (Å²) in [4.78, 5) is 12.4. The largest absolute Gasteiger partial charge is 0.490 e. The lowest BCUT2D eigenvalue weighted by Gasteiger charge is -2.21. The summed E-state index contributed by atoms with van der Waals surface area (Å²) in [6, 6.07) is 3.43. The van der Waals surface area contributed by atoms with Gasteiger partial charge in [0.25, 0.3) is 5.56 Å². The Morgan fingerprint density at radius 1 is 1.11 bits per heavy atom. The second kappa shape index (κ2) is 9.18. The lowest BCUT2D eigenvalue weighted by atomic mass is 10.1. The maximum absolute atomic E-state index is 12.4. The second-order valence-corrected chi connectivity index (χ2v) is 8.28. The van der Waals surface area contributed by atoms with Crippen molar-refractivity contribution >= 4 is 34.8 Å². The van der Waals surface area contributed by atoms with Crippen molar-refractivity contribution in [2.75, 3.05) is 6.61 Å². The number of hydrogen-bond donors (Lipinski definition) is 0. The Hall–Kier alpha value is -1.43. The number of ether oxygens (including phenoxy) is 2. The van der Waals surface area contributed by atoms with Gasteiger partial charge in [-0.25, -0.2) is 4.68 Å². The van der Waals surface area contributed by atoms with Crippen LogP contribution in [0.5, 0.6) is 11.5 Å². The molecule has 27 heavy (non-hydrogen) atoms. The van der Waals surface area contributed by atoms with Crippen LogP contribution in [0.15, 0.2) is 23.1 Å². The summed E-state index contributed by atoms with van der Waals surface area (Å²) in [6.45, 7) is 8.37. The Bertz CT molecular complexity index is 837. The third-order valence-corrected chi connectivity index (χ3v) is 4.63. The van der Waals surface area contributed by atoms with Crippen LogP contribution in [0.4, 0.5) is 0 Å². The van der Waals surface area contributed by atoms with Crippen molar-refractivity contribution in [1.29, 1.82) is 0 Å². The fourth-order valence-corrected chi connectivity index (χ4v) is 3.13. The highest BCUT2D eigenvalue weighted by Gasteiger charge is 2.20. The van der Waals surface area contributed by atoms with E-state index in [1.54, 1.807) is 12.1 Å². The highest BCUT2D eigenvalue weighted by Crippen LogP contribution is 2.35. The zero-order valence-corrected chi connectivity index (χ0v) is 18.1. The van der Waals surface area contributed by atoms with E-state index in [0.717, 1.165) is 18.4 Å². The Morgan fingerprint density at radius 3 is 2.30 bits per heavy atom. The molecule has 0 amide bonds. The zero-order chi connectivity index (χ0) is 20.2. The fourth-order valence-electron chi connectivity index (χ4n) is 2.31. The first-order valence-electron chi connectivity index (χ1n) is 8.67. The molecule has 1 aromatic carbocycles. The summed E-state index contributed by atoms with van der Waals surface area (Å²) in [5, 5.41) is 4.93. The van der Waals surface area contributed by atoms with E-state index in [2.05, 4.69) is 12.0 Å². The molecule has 0 aliphatic rings. The molecule has 0 spiro atoms. The van der Waals surface area contributed by atoms with Gasteiger partial charge in [0, 0.05) is 0 Å². The predicted molar refractivity (Wildman–Crippen MR) is 110 cm³/mol. The molecule has 5 nitrogen and oxygen atoms in total. The van der Waals surface area contributed by atoms with E-state index in [4.69, 9.17) is 44.3 Å². The van der Waals surface area contributed by atoms with Crippen molar-refractivity contribution in [2.45, 2.75) is 52.7 Å². The van der Waals surface area contributed by atoms with Gasteiger partial charge in [-0.1, -0.05) is 48.1 Å². The average molecular weight is 434 g/mol. The van der Waals surface area contributed by atoms with Gasteiger partial charge in [0.1, 0.15) is 6.61 Å². The molecule has 0 bridgehead atoms. The van der Waals surface area contributed by atoms with Gasteiger partial charge < -0.3 is 9.47 Å². The molecule has 1 heterocycles. The molecule has 0 atom stereocenters. The summed E-state index contributed by atoms with van der Waals surface area (Å²) < 4.78 is 12.6. The number of halogens is 3. The van der Waals surface area contributed by atoms with E-state index >= 15 is 0 Å². The number of nitrogens with zero attached hydrogens (tertiary/aromatic N) is 2. The van der Waals surface area contributed by atoms with Gasteiger partial charge in [-0.2, -0.15) is 5.10 Å². The summed E-state index contributed by atoms with van der Waals surface area (Å²) in [6.07, 6.45) is 3.37. The molecular formula is C19H23Cl3N2O3. The summed E-state index contributed by atoms with van der Waals surface area (Å²) in [5.41, 5.74) is -0.158. The fraction of sp³-hybridized carbons (Fsp3) is 0.474. The predicted octanol–water partition coefficient (Wildman–Crippen LogP) is 5.72. The van der Waals surface area contributed by atoms with Crippen LogP contribution in [-0.4, -0.2) is 16.4 Å². The lowest BCUT2D eigenvalue weighted by molar-refractivity contribution is 0.291. The Balaban J connectivity index is 2.15. The molecule has 0 N–H and O–H groups in total. The molecule has 8 heteroatoms. The van der Waals surface area contributed by atoms with Gasteiger partial charge in [0.15, 0.2) is 16.5 Å². The van der Waals surface area contributed by atoms with Crippen LogP contribution in [0.2, 0.25) is 15.1 Å². The standard InChI is InChI=1S/C19H23Cl3N2O3/c1-5-6-7-26-17-13(20)8-12(9-14(17)21)11-27-15-10-23-24(19(2,3)4)18(25)16(15)22/h8-10H,5-7,11H2,1-4H3. The van der Waals surface area contributed by atoms with Crippen molar-refractivity contribution in [3.8, 4) is 11.5 Å². The summed E-state index contributed by atoms with van der Waals surface area (Å²) in [7, 11) is 0. The molecule has 0 saturated carbocycles. The van der Waals surface area contributed by atoms with Crippen LogP contribution >= 0.6 is 34.8 Å². The molecule has 2 aromatic rings. The second-order valence-electron chi connectivity index (χ2n) is 7.09. The molecule has 0 saturated heterocycles. The minimum Gasteiger partial charge on any atom is -0.490 e. The minimum atomic E-state index is -0.478. The highest BCUT2D eigenvalue weighted by atomic mass is 35.5. The maximum atomic E-state index is 12.4. The Kier molecular flexibility index (Phi) is 7.43. The molecule has 1 aromatic heterocycles. The smallest absolute Gasteiger partial charge is 0.289 e. The number of hydrogen-bond acceptors (Lipinski definition) is 4. The van der Waals surface area contributed by atoms with Crippen molar-refractivity contribution < 1.29 is 9.47 Å². The van der Waals surface area contributed by atoms with E-state index in [1.807, 2.05) is 20.8 Å². The third kappa shape index (κ3) is 5.53. The van der Waals surface area contributed by atoms with Crippen LogP contribution in [0, 0.1) is 0 Å². The van der Waals surface area contributed by atoms with E-state index < -0.39 is 11.1 Å². The number of rotatable bonds is 7. The maximum Gasteiger partial charge on any atom is 0.289 e. The van der Waals surface area contributed by atoms with Gasteiger partial charge in [0.2, 0.25) is 0 Å². The number of unbranched alkanes of at least 4 members (excludes halogenated alkanes) is 1. The van der Waals surface area contributed by atoms with Gasteiger partial charge in [0.05, 0.1) is 28.4 Å². The molecule has 0 aliphatic carbocycles. The van der Waals surface area contributed by atoms with E-state index in [-0.39, 0.29) is 17.4 Å². The number of benzene rings is 1. The topological polar surface area (TPSA) is 53.4 Å². The Labute approximate surface area is 174 Å². The van der Waals surface area contributed by atoms with Crippen molar-refractivity contribution in [3.63, 3.8) is 0 Å². The molecule has 148 valence electrons. The lowest BCUT2D eigenvalue weighted by Crippen LogP contribution is -2.36. The molecule has 2 rings (SSSR count). The average Bonchev–Trinajstić information content (AvgIpc) is 2.57. The van der Waals surface area contributed by atoms with Crippen molar-refractivity contribution in [1.82, 2.24) is 9.78 Å². The quantitative estimate of drug-likeness (QED) is 0.524. The van der Waals surface area contributed by atoms with Gasteiger partial charge >= 0.3 is 0 Å². The highest BCUT2D eigenvalue weighted by molar-refractivity contribution is 6.37. The molecule has 0 unspecified atom stereocenters. The van der Waals surface area contributed by atoms with E-state index in [9.17, 15) is 4.79 Å². The van der Waals surface area contributed by atoms with Gasteiger partial charge in [-0.15, -0.1) is 0 Å². The Morgan fingerprint density at radius 2 is 1.74 bits per heavy atom. The molecule has 0 aliphatic heterocycles. The van der Waals surface area contributed by atoms with Gasteiger partial charge in [-0.3, -0.25) is 4.79 Å². The van der Waals surface area contributed by atoms with Crippen molar-refractivity contribution in [3.05, 3.63) is 49.3 Å². The third-order valence-electron chi connectivity index (χ3n) is 3.72. The molecular weight excluding hydrogens is 411 g/mol. The first kappa shape index (κ1) is 21.9. The minimum absolute atomic E-state index is 0.0170. The SMILES string of the molecule is CCCCOc1c(Cl)cc(COc2cnn(C(C)(C)C)c(=O)c2Cl)cc1Cl.